The van der Waals surface area contributed by atoms with E-state index < -0.39 is 0 Å². The fourth-order valence-corrected chi connectivity index (χ4v) is 12.2. The summed E-state index contributed by atoms with van der Waals surface area (Å²) >= 11 is 3.82. The molecule has 0 spiro atoms. The molecule has 2 aromatic heterocycles. The third-order valence-corrected chi connectivity index (χ3v) is 14.7. The molecule has 0 fully saturated rings. The molecule has 0 aliphatic carbocycles. The molecule has 0 aliphatic heterocycles. The van der Waals surface area contributed by atoms with Crippen LogP contribution in [-0.2, 0) is 0 Å². The van der Waals surface area contributed by atoms with E-state index in [0.717, 1.165) is 0 Å². The van der Waals surface area contributed by atoms with Gasteiger partial charge < -0.3 is 0 Å². The molecule has 11 aromatic carbocycles. The van der Waals surface area contributed by atoms with E-state index >= 15 is 0 Å². The summed E-state index contributed by atoms with van der Waals surface area (Å²) in [6, 6.07) is 71.2. The lowest BCUT2D eigenvalue weighted by Gasteiger charge is -2.15. The number of thiophene rings is 2. The molecule has 60 heavy (non-hydrogen) atoms. The van der Waals surface area contributed by atoms with Gasteiger partial charge >= 0.3 is 0 Å². The first-order valence-electron chi connectivity index (χ1n) is 20.7. The van der Waals surface area contributed by atoms with Gasteiger partial charge in [0.15, 0.2) is 0 Å². The zero-order valence-electron chi connectivity index (χ0n) is 33.3. The van der Waals surface area contributed by atoms with Gasteiger partial charge in [-0.3, -0.25) is 0 Å². The summed E-state index contributed by atoms with van der Waals surface area (Å²) in [5.41, 5.74) is 7.74. The molecule has 13 aromatic rings. The van der Waals surface area contributed by atoms with Crippen molar-refractivity contribution in [1.29, 1.82) is 0 Å². The normalized spacial score (nSPS) is 11.8. The van der Waals surface area contributed by atoms with Crippen molar-refractivity contribution in [3.63, 3.8) is 0 Å². The molecule has 0 aliphatic rings. The maximum absolute atomic E-state index is 2.40. The molecule has 0 saturated carbocycles. The summed E-state index contributed by atoms with van der Waals surface area (Å²) < 4.78 is 5.47. The SMILES string of the molecule is Cc1ccc(-c2cc3sc4ccccc4c3c3ccccc23)c(-c2ccccc2)c1.Cc1ccc2c(c1)c1ccccc1c1c3sc4ccccc4c3c3ccccc3c21. The van der Waals surface area contributed by atoms with Crippen LogP contribution in [-0.4, -0.2) is 0 Å². The molecule has 0 saturated heterocycles. The molecule has 2 heterocycles. The van der Waals surface area contributed by atoms with Crippen molar-refractivity contribution in [3.05, 3.63) is 205 Å². The quantitative estimate of drug-likeness (QED) is 0.153. The topological polar surface area (TPSA) is 0 Å². The van der Waals surface area contributed by atoms with E-state index in [1.807, 2.05) is 22.7 Å². The van der Waals surface area contributed by atoms with Gasteiger partial charge in [-0.05, 0) is 103 Å². The number of hydrogen-bond donors (Lipinski definition) is 0. The van der Waals surface area contributed by atoms with E-state index in [1.165, 1.54) is 128 Å². The van der Waals surface area contributed by atoms with E-state index in [9.17, 15) is 0 Å². The third kappa shape index (κ3) is 5.42. The first-order chi connectivity index (χ1) is 29.6. The fourth-order valence-electron chi connectivity index (χ4n) is 9.79. The van der Waals surface area contributed by atoms with Gasteiger partial charge in [0.1, 0.15) is 0 Å². The second-order valence-electron chi connectivity index (χ2n) is 16.0. The average Bonchev–Trinajstić information content (AvgIpc) is 3.88. The first kappa shape index (κ1) is 35.1. The maximum Gasteiger partial charge on any atom is 0.0446 e. The lowest BCUT2D eigenvalue weighted by atomic mass is 9.89. The minimum Gasteiger partial charge on any atom is -0.135 e. The molecule has 0 atom stereocenters. The van der Waals surface area contributed by atoms with Crippen LogP contribution in [0.2, 0.25) is 0 Å². The summed E-state index contributed by atoms with van der Waals surface area (Å²) in [5.74, 6) is 0. The van der Waals surface area contributed by atoms with E-state index in [-0.39, 0.29) is 0 Å². The van der Waals surface area contributed by atoms with Crippen LogP contribution < -0.4 is 0 Å². The van der Waals surface area contributed by atoms with Crippen molar-refractivity contribution in [3.8, 4) is 22.3 Å². The maximum atomic E-state index is 2.40. The van der Waals surface area contributed by atoms with E-state index in [2.05, 4.69) is 208 Å². The Balaban J connectivity index is 0.000000129. The van der Waals surface area contributed by atoms with E-state index in [0.29, 0.717) is 0 Å². The molecule has 0 amide bonds. The van der Waals surface area contributed by atoms with Gasteiger partial charge in [-0.25, -0.2) is 0 Å². The summed E-state index contributed by atoms with van der Waals surface area (Å²) in [6.07, 6.45) is 0. The zero-order chi connectivity index (χ0) is 39.9. The van der Waals surface area contributed by atoms with Crippen molar-refractivity contribution in [2.24, 2.45) is 0 Å². The van der Waals surface area contributed by atoms with Gasteiger partial charge in [0.25, 0.3) is 0 Å². The largest absolute Gasteiger partial charge is 0.135 e. The van der Waals surface area contributed by atoms with Crippen molar-refractivity contribution < 1.29 is 0 Å². The Hall–Kier alpha value is -6.84. The van der Waals surface area contributed by atoms with Gasteiger partial charge in [-0.15, -0.1) is 22.7 Å². The molecule has 0 nitrogen and oxygen atoms in total. The summed E-state index contributed by atoms with van der Waals surface area (Å²) in [6.45, 7) is 4.36. The lowest BCUT2D eigenvalue weighted by molar-refractivity contribution is 1.46. The molecular formula is C58H38S2. The van der Waals surface area contributed by atoms with Crippen LogP contribution in [0.3, 0.4) is 0 Å². The number of aryl methyl sites for hydroxylation is 2. The summed E-state index contributed by atoms with van der Waals surface area (Å²) in [5, 5.41) is 19.0. The average molecular weight is 799 g/mol. The second-order valence-corrected chi connectivity index (χ2v) is 18.2. The smallest absolute Gasteiger partial charge is 0.0446 e. The van der Waals surface area contributed by atoms with Gasteiger partial charge in [-0.2, -0.15) is 0 Å². The second kappa shape index (κ2) is 13.9. The zero-order valence-corrected chi connectivity index (χ0v) is 34.9. The Morgan fingerprint density at radius 1 is 0.267 bits per heavy atom. The highest BCUT2D eigenvalue weighted by molar-refractivity contribution is 7.27. The highest BCUT2D eigenvalue weighted by atomic mass is 32.1. The van der Waals surface area contributed by atoms with Crippen LogP contribution in [0.1, 0.15) is 11.1 Å². The minimum absolute atomic E-state index is 1.26. The summed E-state index contributed by atoms with van der Waals surface area (Å²) in [4.78, 5) is 0. The van der Waals surface area contributed by atoms with E-state index in [1.54, 1.807) is 0 Å². The highest BCUT2D eigenvalue weighted by Crippen LogP contribution is 2.49. The van der Waals surface area contributed by atoms with Crippen LogP contribution in [0.15, 0.2) is 194 Å². The van der Waals surface area contributed by atoms with Gasteiger partial charge in [0, 0.05) is 45.7 Å². The molecule has 0 unspecified atom stereocenters. The Labute approximate surface area is 356 Å². The van der Waals surface area contributed by atoms with Gasteiger partial charge in [0.2, 0.25) is 0 Å². The molecule has 2 heteroatoms. The van der Waals surface area contributed by atoms with Crippen LogP contribution in [0.5, 0.6) is 0 Å². The van der Waals surface area contributed by atoms with Crippen molar-refractivity contribution in [2.75, 3.05) is 0 Å². The standard InChI is InChI=1S/C29H18S.C29H20S/c1-17-14-15-22-24(16-17)18-8-2-3-9-19(18)28-26(22)20-10-4-5-11-21(20)27-23-12-6-7-13-25(23)30-29(27)28;1-19-15-16-22(25(17-19)20-9-3-2-4-10-20)26-18-28-29(23-12-6-5-11-21(23)26)24-13-7-8-14-27(24)30-28/h2-16H,1H3;2-18H,1H3. The van der Waals surface area contributed by atoms with Crippen LogP contribution in [0.4, 0.5) is 0 Å². The molecule has 13 rings (SSSR count). The molecular weight excluding hydrogens is 761 g/mol. The van der Waals surface area contributed by atoms with Crippen molar-refractivity contribution in [1.82, 2.24) is 0 Å². The number of benzene rings is 11. The number of rotatable bonds is 2. The molecule has 0 N–H and O–H groups in total. The monoisotopic (exact) mass is 798 g/mol. The minimum atomic E-state index is 1.26. The molecule has 282 valence electrons. The number of fused-ring (bicyclic) bond motifs is 18. The first-order valence-corrected chi connectivity index (χ1v) is 22.3. The van der Waals surface area contributed by atoms with Crippen molar-refractivity contribution in [2.45, 2.75) is 13.8 Å². The van der Waals surface area contributed by atoms with Gasteiger partial charge in [-0.1, -0.05) is 187 Å². The van der Waals surface area contributed by atoms with Crippen LogP contribution >= 0.6 is 22.7 Å². The molecule has 0 radical (unpaired) electrons. The highest BCUT2D eigenvalue weighted by Gasteiger charge is 2.19. The Bertz CT molecular complexity index is 3850. The Kier molecular flexibility index (Phi) is 8.13. The predicted octanol–water partition coefficient (Wildman–Crippen LogP) is 17.8. The Morgan fingerprint density at radius 2 is 0.767 bits per heavy atom. The predicted molar refractivity (Wildman–Crippen MR) is 267 cm³/mol. The number of hydrogen-bond acceptors (Lipinski definition) is 2. The van der Waals surface area contributed by atoms with E-state index in [4.69, 9.17) is 0 Å². The van der Waals surface area contributed by atoms with Crippen LogP contribution in [0.25, 0.3) is 116 Å². The molecule has 0 bridgehead atoms. The van der Waals surface area contributed by atoms with Crippen LogP contribution in [0, 0.1) is 13.8 Å². The summed E-state index contributed by atoms with van der Waals surface area (Å²) in [7, 11) is 0. The van der Waals surface area contributed by atoms with Crippen molar-refractivity contribution >= 4 is 117 Å². The fraction of sp³-hybridized carbons (Fsp3) is 0.0345. The Morgan fingerprint density at radius 3 is 1.48 bits per heavy atom. The lowest BCUT2D eigenvalue weighted by Crippen LogP contribution is -1.89. The van der Waals surface area contributed by atoms with Gasteiger partial charge in [0.05, 0.1) is 0 Å². The third-order valence-electron chi connectivity index (χ3n) is 12.4.